The van der Waals surface area contributed by atoms with Gasteiger partial charge in [0.2, 0.25) is 0 Å². The zero-order valence-electron chi connectivity index (χ0n) is 14.5. The summed E-state index contributed by atoms with van der Waals surface area (Å²) in [5.74, 6) is 0.846. The average Bonchev–Trinajstić information content (AvgIpc) is 3.05. The molecule has 4 rings (SSSR count). The third-order valence-corrected chi connectivity index (χ3v) is 4.74. The smallest absolute Gasteiger partial charge is 0.134 e. The van der Waals surface area contributed by atoms with Crippen LogP contribution in [-0.2, 0) is 6.54 Å². The number of nitrogens with zero attached hydrogens (tertiary/aromatic N) is 3. The van der Waals surface area contributed by atoms with Gasteiger partial charge in [0.15, 0.2) is 0 Å². The van der Waals surface area contributed by atoms with E-state index in [1.165, 1.54) is 0 Å². The molecule has 0 amide bonds. The Bertz CT molecular complexity index is 1180. The van der Waals surface area contributed by atoms with Crippen LogP contribution in [0.3, 0.4) is 0 Å². The van der Waals surface area contributed by atoms with E-state index in [9.17, 15) is 0 Å². The molecule has 0 saturated carbocycles. The highest BCUT2D eigenvalue weighted by molar-refractivity contribution is 6.32. The minimum absolute atomic E-state index is 0.637. The highest BCUT2D eigenvalue weighted by Crippen LogP contribution is 2.22. The van der Waals surface area contributed by atoms with Crippen molar-refractivity contribution in [1.29, 1.82) is 5.26 Å². The van der Waals surface area contributed by atoms with Crippen molar-refractivity contribution in [1.82, 2.24) is 9.55 Å². The molecule has 3 nitrogen and oxygen atoms in total. The maximum Gasteiger partial charge on any atom is 0.134 e. The van der Waals surface area contributed by atoms with E-state index in [0.717, 1.165) is 28.0 Å². The maximum absolute atomic E-state index is 9.16. The molecule has 0 fully saturated rings. The van der Waals surface area contributed by atoms with Crippen LogP contribution in [0.4, 0.5) is 0 Å². The molecule has 4 heteroatoms. The molecule has 0 atom stereocenters. The van der Waals surface area contributed by atoms with Crippen LogP contribution < -0.4 is 0 Å². The van der Waals surface area contributed by atoms with Gasteiger partial charge in [0.1, 0.15) is 5.82 Å². The van der Waals surface area contributed by atoms with Gasteiger partial charge in [-0.1, -0.05) is 54.1 Å². The van der Waals surface area contributed by atoms with Crippen LogP contribution in [0.25, 0.3) is 23.2 Å². The molecule has 27 heavy (non-hydrogen) atoms. The number of halogens is 1. The average molecular weight is 370 g/mol. The lowest BCUT2D eigenvalue weighted by Crippen LogP contribution is -2.02. The summed E-state index contributed by atoms with van der Waals surface area (Å²) in [6.07, 6.45) is 3.96. The molecule has 4 aromatic rings. The second-order valence-electron chi connectivity index (χ2n) is 6.21. The van der Waals surface area contributed by atoms with Crippen molar-refractivity contribution in [2.24, 2.45) is 0 Å². The van der Waals surface area contributed by atoms with Gasteiger partial charge in [-0.3, -0.25) is 0 Å². The first-order valence-electron chi connectivity index (χ1n) is 8.61. The minimum Gasteiger partial charge on any atom is -0.320 e. The van der Waals surface area contributed by atoms with Crippen molar-refractivity contribution in [3.05, 3.63) is 100 Å². The Morgan fingerprint density at radius 2 is 1.78 bits per heavy atom. The third kappa shape index (κ3) is 3.62. The molecule has 0 aliphatic rings. The lowest BCUT2D eigenvalue weighted by Gasteiger charge is -2.08. The molecule has 0 aliphatic carbocycles. The zero-order valence-corrected chi connectivity index (χ0v) is 15.3. The van der Waals surface area contributed by atoms with Crippen LogP contribution in [0, 0.1) is 11.3 Å². The molecule has 0 unspecified atom stereocenters. The first-order chi connectivity index (χ1) is 13.2. The van der Waals surface area contributed by atoms with Gasteiger partial charge in [-0.05, 0) is 53.6 Å². The number of rotatable bonds is 4. The molecular weight excluding hydrogens is 354 g/mol. The summed E-state index contributed by atoms with van der Waals surface area (Å²) in [5, 5.41) is 9.86. The standard InChI is InChI=1S/C23H16ClN3/c24-20-9-2-1-8-19(20)12-13-23-26-21-10-3-4-11-22(21)27(23)16-18-7-5-6-17(14-18)15-25/h1-14H,16H2. The molecule has 130 valence electrons. The van der Waals surface area contributed by atoms with Crippen molar-refractivity contribution >= 4 is 34.8 Å². The molecule has 1 aromatic heterocycles. The predicted octanol–water partition coefficient (Wildman–Crippen LogP) is 5.78. The summed E-state index contributed by atoms with van der Waals surface area (Å²) in [7, 11) is 0. The van der Waals surface area contributed by atoms with Crippen molar-refractivity contribution in [2.75, 3.05) is 0 Å². The topological polar surface area (TPSA) is 41.6 Å². The van der Waals surface area contributed by atoms with Crippen LogP contribution in [0.2, 0.25) is 5.02 Å². The van der Waals surface area contributed by atoms with Gasteiger partial charge >= 0.3 is 0 Å². The number of imidazole rings is 1. The van der Waals surface area contributed by atoms with Gasteiger partial charge in [-0.2, -0.15) is 5.26 Å². The maximum atomic E-state index is 9.16. The minimum atomic E-state index is 0.637. The van der Waals surface area contributed by atoms with Gasteiger partial charge < -0.3 is 4.57 Å². The molecule has 0 radical (unpaired) electrons. The number of para-hydroxylation sites is 2. The summed E-state index contributed by atoms with van der Waals surface area (Å²) < 4.78 is 2.15. The Balaban J connectivity index is 1.77. The normalized spacial score (nSPS) is 11.1. The van der Waals surface area contributed by atoms with E-state index in [2.05, 4.69) is 16.7 Å². The Morgan fingerprint density at radius 1 is 0.963 bits per heavy atom. The summed E-state index contributed by atoms with van der Waals surface area (Å²) in [5.41, 5.74) is 4.66. The second-order valence-corrected chi connectivity index (χ2v) is 6.62. The Labute approximate surface area is 162 Å². The molecule has 3 aromatic carbocycles. The highest BCUT2D eigenvalue weighted by Gasteiger charge is 2.09. The van der Waals surface area contributed by atoms with Crippen molar-refractivity contribution in [2.45, 2.75) is 6.54 Å². The van der Waals surface area contributed by atoms with Crippen LogP contribution >= 0.6 is 11.6 Å². The number of aromatic nitrogens is 2. The largest absolute Gasteiger partial charge is 0.320 e. The Hall–Kier alpha value is -3.35. The van der Waals surface area contributed by atoms with Gasteiger partial charge in [-0.15, -0.1) is 0 Å². The van der Waals surface area contributed by atoms with Crippen molar-refractivity contribution in [3.63, 3.8) is 0 Å². The fourth-order valence-electron chi connectivity index (χ4n) is 3.08. The first kappa shape index (κ1) is 17.1. The summed E-state index contributed by atoms with van der Waals surface area (Å²) in [4.78, 5) is 4.76. The quantitative estimate of drug-likeness (QED) is 0.457. The number of nitriles is 1. The summed E-state index contributed by atoms with van der Waals surface area (Å²) >= 11 is 6.26. The molecule has 1 heterocycles. The molecule has 0 saturated heterocycles. The molecular formula is C23H16ClN3. The Kier molecular flexibility index (Phi) is 4.74. The van der Waals surface area contributed by atoms with Crippen molar-refractivity contribution < 1.29 is 0 Å². The fourth-order valence-corrected chi connectivity index (χ4v) is 3.28. The highest BCUT2D eigenvalue weighted by atomic mass is 35.5. The van der Waals surface area contributed by atoms with Crippen LogP contribution in [0.5, 0.6) is 0 Å². The first-order valence-corrected chi connectivity index (χ1v) is 8.99. The summed E-state index contributed by atoms with van der Waals surface area (Å²) in [6.45, 7) is 0.637. The van der Waals surface area contributed by atoms with Gasteiger partial charge in [0.05, 0.1) is 22.7 Å². The van der Waals surface area contributed by atoms with E-state index in [-0.39, 0.29) is 0 Å². The van der Waals surface area contributed by atoms with E-state index in [4.69, 9.17) is 21.8 Å². The van der Waals surface area contributed by atoms with Gasteiger partial charge in [0, 0.05) is 11.6 Å². The fraction of sp³-hybridized carbons (Fsp3) is 0.0435. The molecule has 0 N–H and O–H groups in total. The number of fused-ring (bicyclic) bond motifs is 1. The SMILES string of the molecule is N#Cc1cccc(Cn2c(C=Cc3ccccc3Cl)nc3ccccc32)c1. The molecule has 0 aliphatic heterocycles. The summed E-state index contributed by atoms with van der Waals surface area (Å²) in [6, 6.07) is 25.6. The predicted molar refractivity (Wildman–Crippen MR) is 110 cm³/mol. The molecule has 0 spiro atoms. The monoisotopic (exact) mass is 369 g/mol. The molecule has 0 bridgehead atoms. The lowest BCUT2D eigenvalue weighted by atomic mass is 10.1. The Morgan fingerprint density at radius 3 is 2.63 bits per heavy atom. The number of hydrogen-bond donors (Lipinski definition) is 0. The van der Waals surface area contributed by atoms with Crippen molar-refractivity contribution in [3.8, 4) is 6.07 Å². The zero-order chi connectivity index (χ0) is 18.6. The van der Waals surface area contributed by atoms with Gasteiger partial charge in [-0.25, -0.2) is 4.98 Å². The van der Waals surface area contributed by atoms with Gasteiger partial charge in [0.25, 0.3) is 0 Å². The lowest BCUT2D eigenvalue weighted by molar-refractivity contribution is 0.813. The third-order valence-electron chi connectivity index (χ3n) is 4.40. The van der Waals surface area contributed by atoms with E-state index in [1.54, 1.807) is 0 Å². The number of benzene rings is 3. The van der Waals surface area contributed by atoms with E-state index < -0.39 is 0 Å². The van der Waals surface area contributed by atoms with Crippen LogP contribution in [0.1, 0.15) is 22.5 Å². The van der Waals surface area contributed by atoms with E-state index in [1.807, 2.05) is 78.9 Å². The van der Waals surface area contributed by atoms with E-state index in [0.29, 0.717) is 17.1 Å². The van der Waals surface area contributed by atoms with Crippen LogP contribution in [-0.4, -0.2) is 9.55 Å². The number of hydrogen-bond acceptors (Lipinski definition) is 2. The van der Waals surface area contributed by atoms with Crippen LogP contribution in [0.15, 0.2) is 72.8 Å². The second kappa shape index (κ2) is 7.49. The van der Waals surface area contributed by atoms with E-state index >= 15 is 0 Å².